The van der Waals surface area contributed by atoms with E-state index in [1.54, 1.807) is 13.3 Å². The maximum absolute atomic E-state index is 11.3. The molecule has 1 aromatic carbocycles. The number of benzene rings is 1. The lowest BCUT2D eigenvalue weighted by atomic mass is 10.2. The molecule has 1 heterocycles. The van der Waals surface area contributed by atoms with Crippen LogP contribution in [0.3, 0.4) is 0 Å². The van der Waals surface area contributed by atoms with E-state index in [1.165, 1.54) is 0 Å². The zero-order valence-electron chi connectivity index (χ0n) is 9.74. The van der Waals surface area contributed by atoms with Crippen LogP contribution >= 0.6 is 15.9 Å². The van der Waals surface area contributed by atoms with Crippen molar-refractivity contribution in [1.82, 2.24) is 10.2 Å². The fourth-order valence-electron chi connectivity index (χ4n) is 1.45. The number of halogens is 1. The van der Waals surface area contributed by atoms with Gasteiger partial charge < -0.3 is 10.1 Å². The normalized spacial score (nSPS) is 10.1. The Hall–Kier alpha value is -1.82. The van der Waals surface area contributed by atoms with E-state index in [4.69, 9.17) is 4.74 Å². The minimum Gasteiger partial charge on any atom is -0.497 e. The van der Waals surface area contributed by atoms with Gasteiger partial charge >= 0.3 is 0 Å². The van der Waals surface area contributed by atoms with Crippen molar-refractivity contribution in [2.75, 3.05) is 12.4 Å². The average Bonchev–Trinajstić information content (AvgIpc) is 2.41. The molecule has 0 aliphatic rings. The van der Waals surface area contributed by atoms with Crippen molar-refractivity contribution in [3.63, 3.8) is 0 Å². The van der Waals surface area contributed by atoms with Crippen molar-refractivity contribution >= 4 is 21.6 Å². The van der Waals surface area contributed by atoms with Crippen LogP contribution in [-0.4, -0.2) is 17.3 Å². The second kappa shape index (κ2) is 5.68. The predicted octanol–water partition coefficient (Wildman–Crippen LogP) is 2.15. The Balaban J connectivity index is 2.06. The molecule has 6 heteroatoms. The van der Waals surface area contributed by atoms with Gasteiger partial charge in [-0.2, -0.15) is 5.10 Å². The minimum atomic E-state index is -0.255. The lowest BCUT2D eigenvalue weighted by Crippen LogP contribution is -2.12. The van der Waals surface area contributed by atoms with Crippen molar-refractivity contribution < 1.29 is 4.74 Å². The monoisotopic (exact) mass is 309 g/mol. The lowest BCUT2D eigenvalue weighted by molar-refractivity contribution is 0.414. The third-order valence-electron chi connectivity index (χ3n) is 2.44. The highest BCUT2D eigenvalue weighted by Crippen LogP contribution is 2.17. The fourth-order valence-corrected chi connectivity index (χ4v) is 1.78. The quantitative estimate of drug-likeness (QED) is 0.908. The van der Waals surface area contributed by atoms with Gasteiger partial charge in [-0.25, -0.2) is 5.10 Å². The zero-order chi connectivity index (χ0) is 13.0. The van der Waals surface area contributed by atoms with Gasteiger partial charge in [-0.15, -0.1) is 0 Å². The molecule has 0 radical (unpaired) electrons. The molecule has 5 nitrogen and oxygen atoms in total. The van der Waals surface area contributed by atoms with Crippen LogP contribution in [0.2, 0.25) is 0 Å². The number of nitrogens with one attached hydrogen (secondary N) is 2. The number of anilines is 1. The first-order valence-corrected chi connectivity index (χ1v) is 6.10. The molecule has 0 aliphatic carbocycles. The van der Waals surface area contributed by atoms with E-state index >= 15 is 0 Å². The summed E-state index contributed by atoms with van der Waals surface area (Å²) >= 11 is 3.21. The third-order valence-corrected chi connectivity index (χ3v) is 3.22. The van der Waals surface area contributed by atoms with Crippen molar-refractivity contribution in [2.24, 2.45) is 0 Å². The van der Waals surface area contributed by atoms with E-state index < -0.39 is 0 Å². The summed E-state index contributed by atoms with van der Waals surface area (Å²) in [5, 5.41) is 9.22. The van der Waals surface area contributed by atoms with E-state index in [0.717, 1.165) is 11.3 Å². The average molecular weight is 310 g/mol. The smallest absolute Gasteiger partial charge is 0.280 e. The number of nitrogens with zero attached hydrogens (tertiary/aromatic N) is 1. The highest BCUT2D eigenvalue weighted by atomic mass is 79.9. The molecule has 2 aromatic rings. The summed E-state index contributed by atoms with van der Waals surface area (Å²) in [5.74, 6) is 0.817. The Labute approximate surface area is 112 Å². The number of hydrogen-bond donors (Lipinski definition) is 2. The molecule has 2 rings (SSSR count). The Morgan fingerprint density at radius 2 is 2.11 bits per heavy atom. The summed E-state index contributed by atoms with van der Waals surface area (Å²) in [6.45, 7) is 0.605. The van der Waals surface area contributed by atoms with Crippen LogP contribution in [0, 0.1) is 0 Å². The molecule has 0 atom stereocenters. The SMILES string of the molecule is COc1ccc(CNc2cn[nH]c(=O)c2Br)cc1. The maximum Gasteiger partial charge on any atom is 0.280 e. The van der Waals surface area contributed by atoms with E-state index in [1.807, 2.05) is 24.3 Å². The third kappa shape index (κ3) is 2.89. The van der Waals surface area contributed by atoms with E-state index in [-0.39, 0.29) is 5.56 Å². The van der Waals surface area contributed by atoms with Gasteiger partial charge in [-0.3, -0.25) is 4.79 Å². The van der Waals surface area contributed by atoms with Crippen LogP contribution in [0.25, 0.3) is 0 Å². The Bertz CT molecular complexity index is 581. The topological polar surface area (TPSA) is 67.0 Å². The van der Waals surface area contributed by atoms with Gasteiger partial charge in [-0.1, -0.05) is 12.1 Å². The number of rotatable bonds is 4. The van der Waals surface area contributed by atoms with Gasteiger partial charge in [0.2, 0.25) is 0 Å². The number of methoxy groups -OCH3 is 1. The number of ether oxygens (including phenoxy) is 1. The van der Waals surface area contributed by atoms with Crippen molar-refractivity contribution in [2.45, 2.75) is 6.54 Å². The van der Waals surface area contributed by atoms with Crippen LogP contribution in [-0.2, 0) is 6.54 Å². The molecule has 94 valence electrons. The second-order valence-corrected chi connectivity index (χ2v) is 4.42. The van der Waals surface area contributed by atoms with Crippen LogP contribution in [0.5, 0.6) is 5.75 Å². The molecule has 0 fully saturated rings. The molecule has 18 heavy (non-hydrogen) atoms. The highest BCUT2D eigenvalue weighted by Gasteiger charge is 2.03. The summed E-state index contributed by atoms with van der Waals surface area (Å²) < 4.78 is 5.53. The standard InChI is InChI=1S/C12H12BrN3O2/c1-18-9-4-2-8(3-5-9)6-14-10-7-15-16-12(17)11(10)13/h2-5,7H,6H2,1H3,(H2,14,16,17). The Morgan fingerprint density at radius 3 is 2.78 bits per heavy atom. The molecule has 0 amide bonds. The number of aromatic amines is 1. The van der Waals surface area contributed by atoms with E-state index in [2.05, 4.69) is 31.4 Å². The molecule has 0 unspecified atom stereocenters. The maximum atomic E-state index is 11.3. The van der Waals surface area contributed by atoms with Crippen LogP contribution in [0.1, 0.15) is 5.56 Å². The van der Waals surface area contributed by atoms with E-state index in [0.29, 0.717) is 16.7 Å². The fraction of sp³-hybridized carbons (Fsp3) is 0.167. The zero-order valence-corrected chi connectivity index (χ0v) is 11.3. The number of H-pyrrole nitrogens is 1. The molecule has 0 saturated heterocycles. The lowest BCUT2D eigenvalue weighted by Gasteiger charge is -2.07. The Kier molecular flexibility index (Phi) is 3.99. The molecule has 0 saturated carbocycles. The van der Waals surface area contributed by atoms with E-state index in [9.17, 15) is 4.79 Å². The van der Waals surface area contributed by atoms with Crippen LogP contribution in [0.15, 0.2) is 39.7 Å². The minimum absolute atomic E-state index is 0.255. The Morgan fingerprint density at radius 1 is 1.39 bits per heavy atom. The summed E-state index contributed by atoms with van der Waals surface area (Å²) in [6.07, 6.45) is 1.56. The molecule has 2 N–H and O–H groups in total. The summed E-state index contributed by atoms with van der Waals surface area (Å²) in [5.41, 5.74) is 1.49. The molecular formula is C12H12BrN3O2. The molecular weight excluding hydrogens is 298 g/mol. The molecule has 1 aromatic heterocycles. The van der Waals surface area contributed by atoms with Crippen molar-refractivity contribution in [1.29, 1.82) is 0 Å². The second-order valence-electron chi connectivity index (χ2n) is 3.63. The van der Waals surface area contributed by atoms with Crippen LogP contribution in [0.4, 0.5) is 5.69 Å². The number of aromatic nitrogens is 2. The molecule has 0 aliphatic heterocycles. The molecule has 0 bridgehead atoms. The van der Waals surface area contributed by atoms with Gasteiger partial charge in [0.05, 0.1) is 19.0 Å². The largest absolute Gasteiger partial charge is 0.497 e. The number of hydrogen-bond acceptors (Lipinski definition) is 4. The van der Waals surface area contributed by atoms with Gasteiger partial charge in [-0.05, 0) is 33.6 Å². The van der Waals surface area contributed by atoms with Gasteiger partial charge in [0.25, 0.3) is 5.56 Å². The van der Waals surface area contributed by atoms with Gasteiger partial charge in [0.15, 0.2) is 0 Å². The first-order chi connectivity index (χ1) is 8.70. The van der Waals surface area contributed by atoms with Gasteiger partial charge in [0.1, 0.15) is 10.2 Å². The highest BCUT2D eigenvalue weighted by molar-refractivity contribution is 9.10. The van der Waals surface area contributed by atoms with Crippen LogP contribution < -0.4 is 15.6 Å². The summed E-state index contributed by atoms with van der Waals surface area (Å²) in [6, 6.07) is 7.70. The summed E-state index contributed by atoms with van der Waals surface area (Å²) in [7, 11) is 1.63. The first-order valence-electron chi connectivity index (χ1n) is 5.30. The van der Waals surface area contributed by atoms with Gasteiger partial charge in [0, 0.05) is 6.54 Å². The molecule has 0 spiro atoms. The first kappa shape index (κ1) is 12.6. The predicted molar refractivity (Wildman–Crippen MR) is 72.9 cm³/mol. The van der Waals surface area contributed by atoms with Crippen molar-refractivity contribution in [3.8, 4) is 5.75 Å². The summed E-state index contributed by atoms with van der Waals surface area (Å²) in [4.78, 5) is 11.3. The van der Waals surface area contributed by atoms with Crippen molar-refractivity contribution in [3.05, 3.63) is 50.9 Å².